The first kappa shape index (κ1) is 21.8. The van der Waals surface area contributed by atoms with Crippen molar-refractivity contribution >= 4 is 28.4 Å². The number of piperazine rings is 1. The van der Waals surface area contributed by atoms with Gasteiger partial charge in [-0.1, -0.05) is 6.92 Å². The summed E-state index contributed by atoms with van der Waals surface area (Å²) >= 11 is 0. The zero-order valence-electron chi connectivity index (χ0n) is 19.9. The molecule has 4 heterocycles. The molecule has 4 aromatic rings. The van der Waals surface area contributed by atoms with E-state index in [1.54, 1.807) is 18.2 Å². The summed E-state index contributed by atoms with van der Waals surface area (Å²) in [5.41, 5.74) is 2.73. The van der Waals surface area contributed by atoms with E-state index in [1.807, 2.05) is 19.1 Å². The third kappa shape index (κ3) is 4.53. The molecular formula is C25H29FN8O. The standard InChI is InChI=1S/C25H29FN8O/c1-3-16-13-34(9-8-27-16)23-12-21(29-22-11-19(32-33-22)15-4-5-15)30-25(31-23)35-20-7-6-18-17(24(20)26)10-14(2)28-18/h6-7,10-12,15-16,27-28H,3-5,8-9,13H2,1-2H3,(H2,29,30,31,32,33). The van der Waals surface area contributed by atoms with E-state index in [1.165, 1.54) is 12.8 Å². The lowest BCUT2D eigenvalue weighted by Crippen LogP contribution is -2.50. The third-order valence-corrected chi connectivity index (χ3v) is 6.67. The van der Waals surface area contributed by atoms with E-state index in [0.717, 1.165) is 48.8 Å². The Bertz CT molecular complexity index is 1360. The Balaban J connectivity index is 1.33. The van der Waals surface area contributed by atoms with Gasteiger partial charge in [-0.25, -0.2) is 4.39 Å². The van der Waals surface area contributed by atoms with Crippen LogP contribution < -0.4 is 20.3 Å². The number of fused-ring (bicyclic) bond motifs is 1. The molecule has 1 saturated heterocycles. The van der Waals surface area contributed by atoms with Crippen molar-refractivity contribution < 1.29 is 9.13 Å². The summed E-state index contributed by atoms with van der Waals surface area (Å²) in [6.45, 7) is 6.56. The van der Waals surface area contributed by atoms with Gasteiger partial charge < -0.3 is 25.3 Å². The van der Waals surface area contributed by atoms with Crippen LogP contribution in [0.3, 0.4) is 0 Å². The van der Waals surface area contributed by atoms with Crippen molar-refractivity contribution in [1.29, 1.82) is 0 Å². The molecule has 1 atom stereocenters. The van der Waals surface area contributed by atoms with E-state index in [-0.39, 0.29) is 11.8 Å². The highest BCUT2D eigenvalue weighted by Gasteiger charge is 2.26. The van der Waals surface area contributed by atoms with Gasteiger partial charge >= 0.3 is 6.01 Å². The number of rotatable bonds is 7. The maximum absolute atomic E-state index is 15.2. The second-order valence-corrected chi connectivity index (χ2v) is 9.40. The highest BCUT2D eigenvalue weighted by atomic mass is 19.1. The minimum atomic E-state index is -0.440. The number of hydrogen-bond donors (Lipinski definition) is 4. The van der Waals surface area contributed by atoms with Gasteiger partial charge in [0.25, 0.3) is 0 Å². The molecule has 2 fully saturated rings. The molecule has 3 aromatic heterocycles. The number of nitrogens with one attached hydrogen (secondary N) is 4. The van der Waals surface area contributed by atoms with Crippen LogP contribution in [0.2, 0.25) is 0 Å². The number of aromatic nitrogens is 5. The predicted octanol–water partition coefficient (Wildman–Crippen LogP) is 4.73. The molecular weight excluding hydrogens is 447 g/mol. The predicted molar refractivity (Wildman–Crippen MR) is 133 cm³/mol. The van der Waals surface area contributed by atoms with Crippen LogP contribution in [-0.2, 0) is 0 Å². The van der Waals surface area contributed by atoms with E-state index in [9.17, 15) is 0 Å². The molecule has 6 rings (SSSR count). The second-order valence-electron chi connectivity index (χ2n) is 9.40. The monoisotopic (exact) mass is 476 g/mol. The summed E-state index contributed by atoms with van der Waals surface area (Å²) < 4.78 is 21.1. The van der Waals surface area contributed by atoms with Crippen molar-refractivity contribution in [3.05, 3.63) is 47.5 Å². The number of anilines is 3. The van der Waals surface area contributed by atoms with Crippen molar-refractivity contribution in [3.8, 4) is 11.8 Å². The molecule has 0 spiro atoms. The summed E-state index contributed by atoms with van der Waals surface area (Å²) in [5.74, 6) is 2.18. The number of aryl methyl sites for hydroxylation is 1. The Hall–Kier alpha value is -3.66. The van der Waals surface area contributed by atoms with Gasteiger partial charge in [0, 0.05) is 66.0 Å². The molecule has 35 heavy (non-hydrogen) atoms. The van der Waals surface area contributed by atoms with Crippen molar-refractivity contribution in [1.82, 2.24) is 30.5 Å². The maximum Gasteiger partial charge on any atom is 0.326 e. The van der Waals surface area contributed by atoms with E-state index in [2.05, 4.69) is 47.6 Å². The quantitative estimate of drug-likeness (QED) is 0.305. The van der Waals surface area contributed by atoms with Crippen LogP contribution in [0.15, 0.2) is 30.3 Å². The van der Waals surface area contributed by atoms with Crippen LogP contribution in [0, 0.1) is 12.7 Å². The lowest BCUT2D eigenvalue weighted by atomic mass is 10.1. The first-order valence-corrected chi connectivity index (χ1v) is 12.2. The number of H-pyrrole nitrogens is 2. The van der Waals surface area contributed by atoms with Crippen LogP contribution >= 0.6 is 0 Å². The minimum Gasteiger partial charge on any atom is -0.421 e. The summed E-state index contributed by atoms with van der Waals surface area (Å²) in [4.78, 5) is 14.5. The van der Waals surface area contributed by atoms with Crippen LogP contribution in [0.25, 0.3) is 10.9 Å². The SMILES string of the molecule is CCC1CN(c2cc(Nc3cc(C4CC4)[nH]n3)nc(Oc3ccc4[nH]c(C)cc4c3F)n2)CCN1. The molecule has 0 amide bonds. The second kappa shape index (κ2) is 8.84. The Kier molecular flexibility index (Phi) is 5.52. The highest BCUT2D eigenvalue weighted by molar-refractivity contribution is 5.82. The molecule has 2 aliphatic rings. The smallest absolute Gasteiger partial charge is 0.326 e. The van der Waals surface area contributed by atoms with Gasteiger partial charge in [-0.3, -0.25) is 5.10 Å². The van der Waals surface area contributed by atoms with Crippen molar-refractivity contribution in [2.75, 3.05) is 29.9 Å². The normalized spacial score (nSPS) is 18.3. The van der Waals surface area contributed by atoms with Gasteiger partial charge in [-0.05, 0) is 44.4 Å². The number of aromatic amines is 2. The third-order valence-electron chi connectivity index (χ3n) is 6.67. The molecule has 1 aromatic carbocycles. The van der Waals surface area contributed by atoms with Gasteiger partial charge in [-0.2, -0.15) is 15.1 Å². The van der Waals surface area contributed by atoms with E-state index >= 15 is 4.39 Å². The van der Waals surface area contributed by atoms with Crippen molar-refractivity contribution in [2.24, 2.45) is 0 Å². The molecule has 1 aliphatic carbocycles. The zero-order chi connectivity index (χ0) is 23.9. The Morgan fingerprint density at radius 3 is 2.89 bits per heavy atom. The maximum atomic E-state index is 15.2. The molecule has 182 valence electrons. The fraction of sp³-hybridized carbons (Fsp3) is 0.400. The summed E-state index contributed by atoms with van der Waals surface area (Å²) in [6, 6.07) is 9.54. The van der Waals surface area contributed by atoms with E-state index < -0.39 is 5.82 Å². The largest absolute Gasteiger partial charge is 0.421 e. The average Bonchev–Trinajstić information content (AvgIpc) is 3.49. The first-order chi connectivity index (χ1) is 17.1. The Morgan fingerprint density at radius 1 is 1.17 bits per heavy atom. The molecule has 0 radical (unpaired) electrons. The molecule has 9 nitrogen and oxygen atoms in total. The van der Waals surface area contributed by atoms with Gasteiger partial charge in [0.1, 0.15) is 11.6 Å². The lowest BCUT2D eigenvalue weighted by molar-refractivity contribution is 0.410. The first-order valence-electron chi connectivity index (χ1n) is 12.2. The average molecular weight is 477 g/mol. The van der Waals surface area contributed by atoms with Crippen molar-refractivity contribution in [2.45, 2.75) is 45.1 Å². The van der Waals surface area contributed by atoms with Gasteiger partial charge in [-0.15, -0.1) is 0 Å². The highest BCUT2D eigenvalue weighted by Crippen LogP contribution is 2.40. The van der Waals surface area contributed by atoms with E-state index in [4.69, 9.17) is 4.74 Å². The van der Waals surface area contributed by atoms with Crippen LogP contribution in [0.5, 0.6) is 11.8 Å². The summed E-state index contributed by atoms with van der Waals surface area (Å²) in [5, 5.41) is 14.8. The fourth-order valence-electron chi connectivity index (χ4n) is 4.59. The number of benzene rings is 1. The number of halogens is 1. The van der Waals surface area contributed by atoms with Crippen LogP contribution in [0.1, 0.15) is 43.5 Å². The number of nitrogens with zero attached hydrogens (tertiary/aromatic N) is 4. The number of hydrogen-bond acceptors (Lipinski definition) is 7. The van der Waals surface area contributed by atoms with E-state index in [0.29, 0.717) is 29.0 Å². The zero-order valence-corrected chi connectivity index (χ0v) is 19.9. The molecule has 1 aliphatic heterocycles. The molecule has 1 saturated carbocycles. The summed E-state index contributed by atoms with van der Waals surface area (Å²) in [6.07, 6.45) is 3.40. The number of ether oxygens (including phenoxy) is 1. The topological polar surface area (TPSA) is 107 Å². The molecule has 4 N–H and O–H groups in total. The van der Waals surface area contributed by atoms with Crippen molar-refractivity contribution in [3.63, 3.8) is 0 Å². The molecule has 1 unspecified atom stereocenters. The lowest BCUT2D eigenvalue weighted by Gasteiger charge is -2.34. The molecule has 0 bridgehead atoms. The van der Waals surface area contributed by atoms with Gasteiger partial charge in [0.15, 0.2) is 17.4 Å². The fourth-order valence-corrected chi connectivity index (χ4v) is 4.59. The Labute approximate surface area is 202 Å². The minimum absolute atomic E-state index is 0.0834. The van der Waals surface area contributed by atoms with Gasteiger partial charge in [0.05, 0.1) is 0 Å². The van der Waals surface area contributed by atoms with Crippen LogP contribution in [0.4, 0.5) is 21.8 Å². The van der Waals surface area contributed by atoms with Gasteiger partial charge in [0.2, 0.25) is 0 Å². The molecule has 10 heteroatoms. The van der Waals surface area contributed by atoms with Crippen LogP contribution in [-0.4, -0.2) is 50.8 Å². The Morgan fingerprint density at radius 2 is 2.06 bits per heavy atom. The summed E-state index contributed by atoms with van der Waals surface area (Å²) in [7, 11) is 0.